The minimum atomic E-state index is -1.17. The Kier molecular flexibility index (Phi) is 21.4. The second-order valence-corrected chi connectivity index (χ2v) is 34.3. The van der Waals surface area contributed by atoms with Crippen molar-refractivity contribution in [1.29, 1.82) is 0 Å². The van der Waals surface area contributed by atoms with Gasteiger partial charge in [-0.25, -0.2) is 0 Å². The summed E-state index contributed by atoms with van der Waals surface area (Å²) < 4.78 is 0. The third kappa shape index (κ3) is 17.9. The number of hydrogen-bond donors (Lipinski definition) is 4. The predicted molar refractivity (Wildman–Crippen MR) is 350 cm³/mol. The van der Waals surface area contributed by atoms with E-state index in [1.807, 2.05) is 69.3 Å². The molecule has 0 spiro atoms. The number of phenols is 4. The molecular weight excluding hydrogens is 1040 g/mol. The lowest BCUT2D eigenvalue weighted by Gasteiger charge is -2.39. The van der Waals surface area contributed by atoms with E-state index in [2.05, 4.69) is 166 Å². The van der Waals surface area contributed by atoms with Crippen LogP contribution in [0.3, 0.4) is 0 Å². The first-order chi connectivity index (χ1) is 37.7. The third-order valence-corrected chi connectivity index (χ3v) is 17.1. The third-order valence-electron chi connectivity index (χ3n) is 17.1. The quantitative estimate of drug-likeness (QED) is 0.0725. The normalized spacial score (nSPS) is 14.6. The molecule has 84 heavy (non-hydrogen) atoms. The van der Waals surface area contributed by atoms with E-state index in [1.54, 1.807) is 0 Å². The number of aryl methyl sites for hydroxylation is 4. The van der Waals surface area contributed by atoms with Crippen molar-refractivity contribution in [3.05, 3.63) is 115 Å². The summed E-state index contributed by atoms with van der Waals surface area (Å²) in [6, 6.07) is 15.9. The van der Waals surface area contributed by atoms with Crippen LogP contribution in [-0.4, -0.2) is 43.6 Å². The fourth-order valence-corrected chi connectivity index (χ4v) is 12.2. The molecule has 0 saturated carbocycles. The predicted octanol–water partition coefficient (Wildman–Crippen LogP) is 18.3. The van der Waals surface area contributed by atoms with Crippen molar-refractivity contribution in [2.45, 2.75) is 288 Å². The molecule has 0 aliphatic rings. The smallest absolute Gasteiger partial charge is 0.137 e. The van der Waals surface area contributed by atoms with Gasteiger partial charge in [0.15, 0.2) is 0 Å². The van der Waals surface area contributed by atoms with E-state index in [9.17, 15) is 20.4 Å². The van der Waals surface area contributed by atoms with Crippen LogP contribution < -0.4 is 0 Å². The fourth-order valence-electron chi connectivity index (χ4n) is 12.2. The van der Waals surface area contributed by atoms with E-state index < -0.39 is 66.5 Å². The molecule has 4 N–H and O–H groups in total. The van der Waals surface area contributed by atoms with E-state index in [-0.39, 0.29) is 91.1 Å². The Morgan fingerprint density at radius 2 is 0.512 bits per heavy atom. The van der Waals surface area contributed by atoms with Crippen LogP contribution in [0.1, 0.15) is 286 Å². The van der Waals surface area contributed by atoms with Crippen molar-refractivity contribution in [3.63, 3.8) is 0 Å². The highest BCUT2D eigenvalue weighted by molar-refractivity contribution is 5.97. The van der Waals surface area contributed by atoms with Crippen LogP contribution in [0.5, 0.6) is 23.0 Å². The lowest BCUT2D eigenvalue weighted by Crippen LogP contribution is -2.46. The minimum absolute atomic E-state index is 0.00686. The van der Waals surface area contributed by atoms with Crippen LogP contribution >= 0.6 is 0 Å². The van der Waals surface area contributed by atoms with Gasteiger partial charge in [-0.15, -0.1) is 0 Å². The molecule has 3 atom stereocenters. The maximum absolute atomic E-state index is 16.0. The Morgan fingerprint density at radius 3 is 0.726 bits per heavy atom. The highest BCUT2D eigenvalue weighted by atomic mass is 16.3. The summed E-state index contributed by atoms with van der Waals surface area (Å²) in [6.45, 7) is 55.2. The summed E-state index contributed by atoms with van der Waals surface area (Å²) in [5.74, 6) is -3.22. The summed E-state index contributed by atoms with van der Waals surface area (Å²) in [6.07, 6.45) is 1.12. The van der Waals surface area contributed by atoms with Gasteiger partial charge in [-0.3, -0.25) is 19.2 Å². The number of carbonyl (C=O) groups excluding carboxylic acids is 4. The number of ketones is 4. The molecule has 3 unspecified atom stereocenters. The van der Waals surface area contributed by atoms with Crippen molar-refractivity contribution < 1.29 is 39.6 Å². The average molecular weight is 1160 g/mol. The van der Waals surface area contributed by atoms with E-state index >= 15 is 19.2 Å². The second kappa shape index (κ2) is 25.2. The Morgan fingerprint density at radius 1 is 0.310 bits per heavy atom. The van der Waals surface area contributed by atoms with Crippen LogP contribution in [0.15, 0.2) is 48.5 Å². The van der Waals surface area contributed by atoms with E-state index in [0.29, 0.717) is 12.8 Å². The molecule has 0 aromatic heterocycles. The molecular formula is C76H114O8. The number of benzene rings is 4. The molecule has 4 rings (SSSR count). The van der Waals surface area contributed by atoms with Crippen molar-refractivity contribution >= 4 is 23.1 Å². The van der Waals surface area contributed by atoms with Crippen molar-refractivity contribution in [1.82, 2.24) is 0 Å². The van der Waals surface area contributed by atoms with Gasteiger partial charge in [-0.05, 0) is 141 Å². The van der Waals surface area contributed by atoms with Gasteiger partial charge < -0.3 is 20.4 Å². The molecule has 8 heteroatoms. The Bertz CT molecular complexity index is 2900. The molecule has 4 aromatic carbocycles. The summed E-state index contributed by atoms with van der Waals surface area (Å²) in [4.78, 5) is 62.8. The first-order valence-electron chi connectivity index (χ1n) is 31.2. The molecule has 0 amide bonds. The summed E-state index contributed by atoms with van der Waals surface area (Å²) in [7, 11) is 0. The maximum atomic E-state index is 16.0. The van der Waals surface area contributed by atoms with Gasteiger partial charge in [0.1, 0.15) is 46.1 Å². The number of rotatable bonds is 19. The molecule has 0 bridgehead atoms. The first kappa shape index (κ1) is 71.2. The Hall–Kier alpha value is -5.24. The summed E-state index contributed by atoms with van der Waals surface area (Å²) in [5, 5.41) is 46.7. The van der Waals surface area contributed by atoms with Gasteiger partial charge in [0.05, 0.1) is 0 Å². The number of carbonyl (C=O) groups is 4. The summed E-state index contributed by atoms with van der Waals surface area (Å²) >= 11 is 0. The second-order valence-electron chi connectivity index (χ2n) is 34.3. The van der Waals surface area contributed by atoms with E-state index in [1.165, 1.54) is 0 Å². The highest BCUT2D eigenvalue weighted by Gasteiger charge is 2.47. The van der Waals surface area contributed by atoms with Crippen LogP contribution in [0.2, 0.25) is 0 Å². The van der Waals surface area contributed by atoms with Gasteiger partial charge in [-0.2, -0.15) is 0 Å². The number of hydrogen-bond acceptors (Lipinski definition) is 8. The van der Waals surface area contributed by atoms with Crippen molar-refractivity contribution in [2.75, 3.05) is 0 Å². The molecule has 4 aromatic rings. The lowest BCUT2D eigenvalue weighted by atomic mass is 9.62. The zero-order valence-electron chi connectivity index (χ0n) is 57.6. The van der Waals surface area contributed by atoms with Crippen molar-refractivity contribution in [2.24, 2.45) is 23.2 Å². The molecule has 0 aliphatic carbocycles. The minimum Gasteiger partial charge on any atom is -0.507 e. The van der Waals surface area contributed by atoms with Gasteiger partial charge >= 0.3 is 0 Å². The van der Waals surface area contributed by atoms with Gasteiger partial charge in [0.25, 0.3) is 0 Å². The molecule has 0 fully saturated rings. The molecule has 8 nitrogen and oxygen atoms in total. The standard InChI is InChI=1S/C76H114O8/c1-68(2,3)51-36-45(37-52(64(51)81)69(4,5)6)28-32-49(77)44-50(59(78)33-29-46-38-53(70(7,8)9)65(82)54(39-46)71(10,11)12)62(60(79)34-30-47-40-55(72(13,14)15)66(83)56(41-47)73(16,17)18)63(76(25,26)27)61(80)35-31-48-42-57(74(19,20)21)67(84)58(43-48)75(22,23)24/h36-43,50,62-63,81-84H,28-35,44H2,1-27H3. The van der Waals surface area contributed by atoms with E-state index in [4.69, 9.17) is 0 Å². The van der Waals surface area contributed by atoms with Crippen LogP contribution in [0, 0.1) is 23.2 Å². The number of Topliss-reactive ketones (excluding diaryl/α,β-unsaturated/α-hetero) is 4. The van der Waals surface area contributed by atoms with Crippen LogP contribution in [-0.2, 0) is 88.2 Å². The molecule has 0 radical (unpaired) electrons. The maximum Gasteiger partial charge on any atom is 0.137 e. The van der Waals surface area contributed by atoms with Crippen molar-refractivity contribution in [3.8, 4) is 23.0 Å². The van der Waals surface area contributed by atoms with Gasteiger partial charge in [-0.1, -0.05) is 235 Å². The topological polar surface area (TPSA) is 149 Å². The SMILES string of the molecule is CC(C)(C)c1cc(CCC(=O)CC(C(=O)CCc2cc(C(C)(C)C)c(O)c(C(C)(C)C)c2)C(C(=O)CCc2cc(C(C)(C)C)c(O)c(C(C)(C)C)c2)C(C(=O)CCc2cc(C(C)(C)C)c(O)c(C(C)(C)C)c2)C(C)(C)C)cc(C(C)(C)C)c1O. The summed E-state index contributed by atoms with van der Waals surface area (Å²) in [5.41, 5.74) is 5.61. The first-order valence-corrected chi connectivity index (χ1v) is 31.2. The molecule has 0 saturated heterocycles. The van der Waals surface area contributed by atoms with Gasteiger partial charge in [0, 0.05) is 49.9 Å². The van der Waals surface area contributed by atoms with Gasteiger partial charge in [0.2, 0.25) is 0 Å². The highest BCUT2D eigenvalue weighted by Crippen LogP contribution is 2.47. The largest absolute Gasteiger partial charge is 0.507 e. The zero-order valence-corrected chi connectivity index (χ0v) is 57.6. The number of phenolic OH excluding ortho intramolecular Hbond substituents is 4. The lowest BCUT2D eigenvalue weighted by molar-refractivity contribution is -0.144. The number of aromatic hydroxyl groups is 4. The fraction of sp³-hybridized carbons (Fsp3) is 0.632. The zero-order chi connectivity index (χ0) is 64.8. The molecule has 466 valence electrons. The van der Waals surface area contributed by atoms with Crippen LogP contribution in [0.25, 0.3) is 0 Å². The molecule has 0 aliphatic heterocycles. The monoisotopic (exact) mass is 1150 g/mol. The van der Waals surface area contributed by atoms with Crippen LogP contribution in [0.4, 0.5) is 0 Å². The Labute approximate surface area is 509 Å². The van der Waals surface area contributed by atoms with E-state index in [0.717, 1.165) is 66.8 Å². The average Bonchev–Trinajstić information content (AvgIpc) is 2.76. The molecule has 0 heterocycles. The Balaban J connectivity index is 2.02.